The van der Waals surface area contributed by atoms with Gasteiger partial charge in [-0.1, -0.05) is 12.1 Å². The fraction of sp³-hybridized carbons (Fsp3) is 0.357. The summed E-state index contributed by atoms with van der Waals surface area (Å²) >= 11 is 0. The highest BCUT2D eigenvalue weighted by molar-refractivity contribution is 7.89. The predicted molar refractivity (Wildman–Crippen MR) is 81.0 cm³/mol. The number of aromatic nitrogens is 2. The number of hydrogen-bond donors (Lipinski definition) is 2. The lowest BCUT2D eigenvalue weighted by molar-refractivity contribution is 0.573. The third-order valence-corrected chi connectivity index (χ3v) is 4.26. The fourth-order valence-corrected chi connectivity index (χ4v) is 2.52. The Hall–Kier alpha value is -1.70. The molecule has 0 aliphatic carbocycles. The van der Waals surface area contributed by atoms with Gasteiger partial charge in [-0.3, -0.25) is 4.68 Å². The van der Waals surface area contributed by atoms with Gasteiger partial charge in [-0.15, -0.1) is 0 Å². The molecule has 114 valence electrons. The summed E-state index contributed by atoms with van der Waals surface area (Å²) in [5, 5.41) is 12.7. The lowest BCUT2D eigenvalue weighted by Crippen LogP contribution is -2.18. The highest BCUT2D eigenvalue weighted by atomic mass is 32.2. The minimum absolute atomic E-state index is 0.101. The van der Waals surface area contributed by atoms with E-state index >= 15 is 0 Å². The first kappa shape index (κ1) is 15.7. The number of aryl methyl sites for hydroxylation is 1. The molecule has 2 aromatic rings. The molecule has 0 spiro atoms. The van der Waals surface area contributed by atoms with Crippen molar-refractivity contribution in [3.8, 4) is 0 Å². The Morgan fingerprint density at radius 2 is 2.00 bits per heavy atom. The smallest absolute Gasteiger partial charge is 0.238 e. The van der Waals surface area contributed by atoms with Crippen molar-refractivity contribution in [3.63, 3.8) is 0 Å². The van der Waals surface area contributed by atoms with Crippen LogP contribution in [0.4, 0.5) is 0 Å². The maximum Gasteiger partial charge on any atom is 0.238 e. The van der Waals surface area contributed by atoms with E-state index in [0.717, 1.165) is 17.7 Å². The zero-order chi connectivity index (χ0) is 15.5. The van der Waals surface area contributed by atoms with E-state index in [9.17, 15) is 8.42 Å². The molecule has 1 aromatic carbocycles. The Morgan fingerprint density at radius 1 is 1.33 bits per heavy atom. The topological polar surface area (TPSA) is 90.0 Å². The Labute approximate surface area is 125 Å². The molecule has 7 heteroatoms. The van der Waals surface area contributed by atoms with Gasteiger partial charge in [0.25, 0.3) is 0 Å². The van der Waals surface area contributed by atoms with Crippen LogP contribution in [0.3, 0.4) is 0 Å². The summed E-state index contributed by atoms with van der Waals surface area (Å²) in [7, 11) is -3.63. The van der Waals surface area contributed by atoms with E-state index in [1.54, 1.807) is 12.1 Å². The molecule has 2 rings (SSSR count). The first-order chi connectivity index (χ1) is 9.90. The van der Waals surface area contributed by atoms with Gasteiger partial charge in [0.05, 0.1) is 11.1 Å². The van der Waals surface area contributed by atoms with Gasteiger partial charge in [0, 0.05) is 30.9 Å². The minimum atomic E-state index is -3.63. The van der Waals surface area contributed by atoms with Gasteiger partial charge >= 0.3 is 0 Å². The second-order valence-electron chi connectivity index (χ2n) is 4.92. The zero-order valence-electron chi connectivity index (χ0n) is 12.2. The fourth-order valence-electron chi connectivity index (χ4n) is 2.01. The second kappa shape index (κ2) is 6.38. The van der Waals surface area contributed by atoms with Gasteiger partial charge in [0.15, 0.2) is 0 Å². The van der Waals surface area contributed by atoms with E-state index in [2.05, 4.69) is 10.4 Å². The quantitative estimate of drug-likeness (QED) is 0.844. The third-order valence-electron chi connectivity index (χ3n) is 3.33. The number of benzene rings is 1. The van der Waals surface area contributed by atoms with Crippen LogP contribution in [-0.2, 0) is 23.1 Å². The summed E-state index contributed by atoms with van der Waals surface area (Å²) in [5.41, 5.74) is 2.12. The maximum absolute atomic E-state index is 11.2. The first-order valence-corrected chi connectivity index (χ1v) is 8.32. The molecule has 0 saturated carbocycles. The largest absolute Gasteiger partial charge is 0.306 e. The number of nitrogens with zero attached hydrogens (tertiary/aromatic N) is 2. The molecule has 21 heavy (non-hydrogen) atoms. The maximum atomic E-state index is 11.2. The molecule has 1 heterocycles. The molecule has 0 aliphatic heterocycles. The van der Waals surface area contributed by atoms with Crippen molar-refractivity contribution >= 4 is 10.0 Å². The van der Waals surface area contributed by atoms with Crippen LogP contribution >= 0.6 is 0 Å². The van der Waals surface area contributed by atoms with Crippen molar-refractivity contribution in [1.29, 1.82) is 0 Å². The SMILES string of the molecule is CCn1cc(CNC(C)c2ccc(S(N)(=O)=O)cc2)cn1. The van der Waals surface area contributed by atoms with Gasteiger partial charge in [-0.05, 0) is 31.5 Å². The number of nitrogens with one attached hydrogen (secondary N) is 1. The number of hydrogen-bond acceptors (Lipinski definition) is 4. The Kier molecular flexibility index (Phi) is 4.76. The van der Waals surface area contributed by atoms with Crippen LogP contribution in [0.25, 0.3) is 0 Å². The van der Waals surface area contributed by atoms with Gasteiger partial charge in [-0.2, -0.15) is 5.10 Å². The van der Waals surface area contributed by atoms with Crippen LogP contribution in [0.2, 0.25) is 0 Å². The van der Waals surface area contributed by atoms with Crippen LogP contribution in [-0.4, -0.2) is 18.2 Å². The first-order valence-electron chi connectivity index (χ1n) is 6.77. The normalized spacial score (nSPS) is 13.3. The average molecular weight is 308 g/mol. The standard InChI is InChI=1S/C14H20N4O2S/c1-3-18-10-12(9-17-18)8-16-11(2)13-4-6-14(7-5-13)21(15,19)20/h4-7,9-11,16H,3,8H2,1-2H3,(H2,15,19,20). The van der Waals surface area contributed by atoms with Crippen LogP contribution < -0.4 is 10.5 Å². The Bertz CT molecular complexity index is 692. The average Bonchev–Trinajstić information content (AvgIpc) is 2.92. The number of primary sulfonamides is 1. The van der Waals surface area contributed by atoms with Crippen LogP contribution in [0, 0.1) is 0 Å². The molecule has 3 N–H and O–H groups in total. The predicted octanol–water partition coefficient (Wildman–Crippen LogP) is 1.40. The summed E-state index contributed by atoms with van der Waals surface area (Å²) in [4.78, 5) is 0.127. The highest BCUT2D eigenvalue weighted by Crippen LogP contribution is 2.16. The lowest BCUT2D eigenvalue weighted by Gasteiger charge is -2.14. The van der Waals surface area contributed by atoms with Crippen LogP contribution in [0.1, 0.15) is 31.0 Å². The molecular formula is C14H20N4O2S. The van der Waals surface area contributed by atoms with E-state index in [1.807, 2.05) is 30.9 Å². The molecule has 0 radical (unpaired) electrons. The van der Waals surface area contributed by atoms with Crippen molar-refractivity contribution in [2.45, 2.75) is 37.9 Å². The van der Waals surface area contributed by atoms with Crippen molar-refractivity contribution < 1.29 is 8.42 Å². The molecule has 0 saturated heterocycles. The van der Waals surface area contributed by atoms with Gasteiger partial charge in [0.2, 0.25) is 10.0 Å². The highest BCUT2D eigenvalue weighted by Gasteiger charge is 2.10. The van der Waals surface area contributed by atoms with E-state index in [1.165, 1.54) is 12.1 Å². The van der Waals surface area contributed by atoms with Crippen molar-refractivity contribution in [2.24, 2.45) is 5.14 Å². The van der Waals surface area contributed by atoms with E-state index in [-0.39, 0.29) is 10.9 Å². The van der Waals surface area contributed by atoms with Crippen LogP contribution in [0.15, 0.2) is 41.6 Å². The summed E-state index contributed by atoms with van der Waals surface area (Å²) in [6.45, 7) is 5.62. The van der Waals surface area contributed by atoms with E-state index in [0.29, 0.717) is 6.54 Å². The Morgan fingerprint density at radius 3 is 2.52 bits per heavy atom. The molecule has 0 amide bonds. The van der Waals surface area contributed by atoms with Gasteiger partial charge in [-0.25, -0.2) is 13.6 Å². The molecule has 0 fully saturated rings. The Balaban J connectivity index is 1.98. The van der Waals surface area contributed by atoms with Crippen LogP contribution in [0.5, 0.6) is 0 Å². The summed E-state index contributed by atoms with van der Waals surface area (Å²) in [6, 6.07) is 6.69. The number of rotatable bonds is 6. The van der Waals surface area contributed by atoms with Gasteiger partial charge < -0.3 is 5.32 Å². The van der Waals surface area contributed by atoms with E-state index < -0.39 is 10.0 Å². The number of nitrogens with two attached hydrogens (primary N) is 1. The molecule has 1 unspecified atom stereocenters. The zero-order valence-corrected chi connectivity index (χ0v) is 13.0. The summed E-state index contributed by atoms with van der Waals surface area (Å²) in [5.74, 6) is 0. The van der Waals surface area contributed by atoms with Gasteiger partial charge in [0.1, 0.15) is 0 Å². The number of sulfonamides is 1. The van der Waals surface area contributed by atoms with Crippen molar-refractivity contribution in [3.05, 3.63) is 47.8 Å². The second-order valence-corrected chi connectivity index (χ2v) is 6.48. The van der Waals surface area contributed by atoms with Crippen molar-refractivity contribution in [1.82, 2.24) is 15.1 Å². The molecule has 0 aliphatic rings. The molecular weight excluding hydrogens is 288 g/mol. The molecule has 0 bridgehead atoms. The third kappa shape index (κ3) is 4.13. The lowest BCUT2D eigenvalue weighted by atomic mass is 10.1. The molecule has 6 nitrogen and oxygen atoms in total. The van der Waals surface area contributed by atoms with Crippen molar-refractivity contribution in [2.75, 3.05) is 0 Å². The monoisotopic (exact) mass is 308 g/mol. The molecule has 1 atom stereocenters. The minimum Gasteiger partial charge on any atom is -0.306 e. The summed E-state index contributed by atoms with van der Waals surface area (Å²) in [6.07, 6.45) is 3.84. The molecule has 1 aromatic heterocycles. The van der Waals surface area contributed by atoms with E-state index in [4.69, 9.17) is 5.14 Å². The summed E-state index contributed by atoms with van der Waals surface area (Å²) < 4.78 is 24.3.